The first-order valence-corrected chi connectivity index (χ1v) is 10.1. The van der Waals surface area contributed by atoms with E-state index in [2.05, 4.69) is 10.6 Å². The number of hydrogen-bond acceptors (Lipinski definition) is 3. The molecular formula is C22H24ClN3O3. The fraction of sp³-hybridized carbons (Fsp3) is 0.318. The summed E-state index contributed by atoms with van der Waals surface area (Å²) < 4.78 is 0. The molecule has 0 radical (unpaired) electrons. The second-order valence-corrected chi connectivity index (χ2v) is 7.40. The Balaban J connectivity index is 1.53. The molecule has 2 aromatic rings. The van der Waals surface area contributed by atoms with Crippen molar-refractivity contribution in [3.8, 4) is 0 Å². The monoisotopic (exact) mass is 413 g/mol. The number of hydrogen-bond donors (Lipinski definition) is 2. The van der Waals surface area contributed by atoms with Crippen LogP contribution in [-0.4, -0.2) is 42.3 Å². The quantitative estimate of drug-likeness (QED) is 0.757. The molecule has 0 spiro atoms. The highest BCUT2D eigenvalue weighted by Crippen LogP contribution is 2.20. The van der Waals surface area contributed by atoms with E-state index in [-0.39, 0.29) is 30.7 Å². The molecule has 1 aliphatic heterocycles. The number of carbonyl (C=O) groups excluding carboxylic acids is 3. The molecule has 1 saturated heterocycles. The van der Waals surface area contributed by atoms with Crippen LogP contribution < -0.4 is 10.6 Å². The number of anilines is 1. The SMILES string of the molecule is O=C(CCNC(=O)c1ccc(Cl)cc1)Nc1ccccc1C(=O)N1CCCCC1. The predicted octanol–water partition coefficient (Wildman–Crippen LogP) is 3.72. The van der Waals surface area contributed by atoms with Gasteiger partial charge in [0.05, 0.1) is 11.3 Å². The zero-order valence-electron chi connectivity index (χ0n) is 16.1. The first kappa shape index (κ1) is 20.9. The average molecular weight is 414 g/mol. The van der Waals surface area contributed by atoms with Gasteiger partial charge in [-0.1, -0.05) is 23.7 Å². The summed E-state index contributed by atoms with van der Waals surface area (Å²) in [6, 6.07) is 13.6. The fourth-order valence-corrected chi connectivity index (χ4v) is 3.38. The van der Waals surface area contributed by atoms with Crippen molar-refractivity contribution in [3.63, 3.8) is 0 Å². The molecule has 2 N–H and O–H groups in total. The van der Waals surface area contributed by atoms with E-state index in [1.165, 1.54) is 0 Å². The van der Waals surface area contributed by atoms with Gasteiger partial charge in [0.1, 0.15) is 0 Å². The van der Waals surface area contributed by atoms with Crippen LogP contribution in [0.5, 0.6) is 0 Å². The standard InChI is InChI=1S/C22H24ClN3O3/c23-17-10-8-16(9-11-17)21(28)24-13-12-20(27)25-19-7-3-2-6-18(19)22(29)26-14-4-1-5-15-26/h2-3,6-11H,1,4-5,12-15H2,(H,24,28)(H,25,27). The maximum Gasteiger partial charge on any atom is 0.255 e. The highest BCUT2D eigenvalue weighted by atomic mass is 35.5. The van der Waals surface area contributed by atoms with Gasteiger partial charge in [-0.15, -0.1) is 0 Å². The van der Waals surface area contributed by atoms with Crippen molar-refractivity contribution in [1.82, 2.24) is 10.2 Å². The first-order valence-electron chi connectivity index (χ1n) is 9.76. The molecule has 7 heteroatoms. The van der Waals surface area contributed by atoms with Gasteiger partial charge in [0.15, 0.2) is 0 Å². The minimum atomic E-state index is -0.268. The van der Waals surface area contributed by atoms with E-state index in [1.807, 2.05) is 4.90 Å². The van der Waals surface area contributed by atoms with Crippen molar-refractivity contribution in [2.24, 2.45) is 0 Å². The third-order valence-corrected chi connectivity index (χ3v) is 5.07. The van der Waals surface area contributed by atoms with Crippen LogP contribution >= 0.6 is 11.6 Å². The summed E-state index contributed by atoms with van der Waals surface area (Å²) in [4.78, 5) is 39.0. The topological polar surface area (TPSA) is 78.5 Å². The zero-order valence-corrected chi connectivity index (χ0v) is 16.9. The molecule has 29 heavy (non-hydrogen) atoms. The van der Waals surface area contributed by atoms with Crippen LogP contribution in [0.3, 0.4) is 0 Å². The normalized spacial score (nSPS) is 13.6. The molecule has 6 nitrogen and oxygen atoms in total. The van der Waals surface area contributed by atoms with Crippen molar-refractivity contribution in [2.75, 3.05) is 25.0 Å². The lowest BCUT2D eigenvalue weighted by Gasteiger charge is -2.27. The number of carbonyl (C=O) groups is 3. The second-order valence-electron chi connectivity index (χ2n) is 6.96. The second kappa shape index (κ2) is 10.1. The molecule has 0 saturated carbocycles. The Morgan fingerprint density at radius 2 is 1.62 bits per heavy atom. The summed E-state index contributed by atoms with van der Waals surface area (Å²) in [5.74, 6) is -0.591. The number of amides is 3. The zero-order chi connectivity index (χ0) is 20.6. The van der Waals surface area contributed by atoms with E-state index in [1.54, 1.807) is 48.5 Å². The Labute approximate surface area is 175 Å². The molecule has 152 valence electrons. The minimum Gasteiger partial charge on any atom is -0.352 e. The van der Waals surface area contributed by atoms with Gasteiger partial charge in [-0.2, -0.15) is 0 Å². The molecule has 0 aromatic heterocycles. The summed E-state index contributed by atoms with van der Waals surface area (Å²) in [6.45, 7) is 1.69. The van der Waals surface area contributed by atoms with Crippen LogP contribution in [0.2, 0.25) is 5.02 Å². The minimum absolute atomic E-state index is 0.0587. The van der Waals surface area contributed by atoms with E-state index in [4.69, 9.17) is 11.6 Å². The Morgan fingerprint density at radius 3 is 2.34 bits per heavy atom. The molecule has 1 heterocycles. The molecule has 1 fully saturated rings. The van der Waals surface area contributed by atoms with E-state index in [0.717, 1.165) is 32.4 Å². The van der Waals surface area contributed by atoms with Crippen LogP contribution in [0, 0.1) is 0 Å². The number of nitrogens with one attached hydrogen (secondary N) is 2. The van der Waals surface area contributed by atoms with Crippen molar-refractivity contribution in [3.05, 3.63) is 64.7 Å². The number of rotatable bonds is 6. The van der Waals surface area contributed by atoms with Gasteiger partial charge in [0.25, 0.3) is 11.8 Å². The highest BCUT2D eigenvalue weighted by Gasteiger charge is 2.21. The lowest BCUT2D eigenvalue weighted by atomic mass is 10.1. The molecule has 3 rings (SSSR count). The maximum atomic E-state index is 12.8. The van der Waals surface area contributed by atoms with E-state index in [0.29, 0.717) is 21.8 Å². The maximum absolute atomic E-state index is 12.8. The number of likely N-dealkylation sites (tertiary alicyclic amines) is 1. The number of para-hydroxylation sites is 1. The van der Waals surface area contributed by atoms with E-state index < -0.39 is 0 Å². The van der Waals surface area contributed by atoms with Crippen LogP contribution in [0.15, 0.2) is 48.5 Å². The van der Waals surface area contributed by atoms with E-state index in [9.17, 15) is 14.4 Å². The fourth-order valence-electron chi connectivity index (χ4n) is 3.25. The van der Waals surface area contributed by atoms with Gasteiger partial charge < -0.3 is 15.5 Å². The Bertz CT molecular complexity index is 877. The van der Waals surface area contributed by atoms with Crippen LogP contribution in [0.1, 0.15) is 46.4 Å². The predicted molar refractivity (Wildman–Crippen MR) is 113 cm³/mol. The Hall–Kier alpha value is -2.86. The molecule has 0 bridgehead atoms. The van der Waals surface area contributed by atoms with Crippen molar-refractivity contribution >= 4 is 35.0 Å². The summed E-state index contributed by atoms with van der Waals surface area (Å²) >= 11 is 5.81. The summed E-state index contributed by atoms with van der Waals surface area (Å²) in [7, 11) is 0. The summed E-state index contributed by atoms with van der Waals surface area (Å²) in [5.41, 5.74) is 1.47. The summed E-state index contributed by atoms with van der Waals surface area (Å²) in [6.07, 6.45) is 3.26. The van der Waals surface area contributed by atoms with Crippen LogP contribution in [0.4, 0.5) is 5.69 Å². The Kier molecular flexibility index (Phi) is 7.25. The van der Waals surface area contributed by atoms with Crippen molar-refractivity contribution in [2.45, 2.75) is 25.7 Å². The lowest BCUT2D eigenvalue weighted by molar-refractivity contribution is -0.116. The third kappa shape index (κ3) is 5.81. The molecule has 2 aromatic carbocycles. The van der Waals surface area contributed by atoms with Gasteiger partial charge >= 0.3 is 0 Å². The van der Waals surface area contributed by atoms with Crippen molar-refractivity contribution < 1.29 is 14.4 Å². The van der Waals surface area contributed by atoms with E-state index >= 15 is 0 Å². The lowest BCUT2D eigenvalue weighted by Crippen LogP contribution is -2.36. The molecule has 3 amide bonds. The molecular weight excluding hydrogens is 390 g/mol. The van der Waals surface area contributed by atoms with Gasteiger partial charge in [-0.05, 0) is 55.7 Å². The average Bonchev–Trinajstić information content (AvgIpc) is 2.74. The molecule has 0 aliphatic carbocycles. The molecule has 1 aliphatic rings. The Morgan fingerprint density at radius 1 is 0.931 bits per heavy atom. The number of halogens is 1. The number of benzene rings is 2. The third-order valence-electron chi connectivity index (χ3n) is 4.82. The molecule has 0 atom stereocenters. The van der Waals surface area contributed by atoms with Gasteiger partial charge in [0, 0.05) is 36.6 Å². The molecule has 0 unspecified atom stereocenters. The van der Waals surface area contributed by atoms with Crippen molar-refractivity contribution in [1.29, 1.82) is 0 Å². The highest BCUT2D eigenvalue weighted by molar-refractivity contribution is 6.30. The van der Waals surface area contributed by atoms with Gasteiger partial charge in [0.2, 0.25) is 5.91 Å². The van der Waals surface area contributed by atoms with Crippen LogP contribution in [0.25, 0.3) is 0 Å². The number of piperidine rings is 1. The smallest absolute Gasteiger partial charge is 0.255 e. The summed E-state index contributed by atoms with van der Waals surface area (Å²) in [5, 5.41) is 6.06. The largest absolute Gasteiger partial charge is 0.352 e. The van der Waals surface area contributed by atoms with Crippen LogP contribution in [-0.2, 0) is 4.79 Å². The first-order chi connectivity index (χ1) is 14.0. The number of nitrogens with zero attached hydrogens (tertiary/aromatic N) is 1. The van der Waals surface area contributed by atoms with Gasteiger partial charge in [-0.3, -0.25) is 14.4 Å². The van der Waals surface area contributed by atoms with Gasteiger partial charge in [-0.25, -0.2) is 0 Å².